The van der Waals surface area contributed by atoms with Crippen LogP contribution in [-0.4, -0.2) is 15.2 Å². The maximum atomic E-state index is 4.44. The summed E-state index contributed by atoms with van der Waals surface area (Å²) >= 11 is 1.66. The van der Waals surface area contributed by atoms with Crippen LogP contribution >= 0.6 is 11.3 Å². The molecule has 4 nitrogen and oxygen atoms in total. The third-order valence-corrected chi connectivity index (χ3v) is 5.25. The van der Waals surface area contributed by atoms with Gasteiger partial charge in [-0.25, -0.2) is 4.98 Å². The van der Waals surface area contributed by atoms with Crippen molar-refractivity contribution in [1.82, 2.24) is 15.2 Å². The standard InChI is InChI=1S/C19H20N4S/c1-13-21-17(12-24-13)11-20-19-9-8-18(22-23-19)16-7-6-14-4-2-3-5-15(14)10-16/h6-10,12H,2-5,11H2,1H3,(H,20,23). The lowest BCUT2D eigenvalue weighted by Gasteiger charge is -2.16. The van der Waals surface area contributed by atoms with Crippen molar-refractivity contribution in [3.05, 3.63) is 57.5 Å². The molecule has 0 atom stereocenters. The molecule has 2 heterocycles. The second-order valence-electron chi connectivity index (χ2n) is 6.21. The molecule has 2 aromatic heterocycles. The SMILES string of the molecule is Cc1nc(CNc2ccc(-c3ccc4c(c3)CCCC4)nn2)cs1. The third-order valence-electron chi connectivity index (χ3n) is 4.43. The zero-order chi connectivity index (χ0) is 16.4. The van der Waals surface area contributed by atoms with Crippen molar-refractivity contribution in [3.8, 4) is 11.3 Å². The fraction of sp³-hybridized carbons (Fsp3) is 0.316. The van der Waals surface area contributed by atoms with Gasteiger partial charge in [-0.3, -0.25) is 0 Å². The summed E-state index contributed by atoms with van der Waals surface area (Å²) in [7, 11) is 0. The summed E-state index contributed by atoms with van der Waals surface area (Å²) in [5.74, 6) is 0.780. The van der Waals surface area contributed by atoms with Crippen molar-refractivity contribution in [2.75, 3.05) is 5.32 Å². The molecule has 0 bridgehead atoms. The normalized spacial score (nSPS) is 13.5. The molecule has 1 N–H and O–H groups in total. The molecule has 1 aliphatic rings. The first-order chi connectivity index (χ1) is 11.8. The monoisotopic (exact) mass is 336 g/mol. The molecule has 3 aromatic rings. The van der Waals surface area contributed by atoms with E-state index in [0.29, 0.717) is 6.54 Å². The molecule has 0 radical (unpaired) electrons. The summed E-state index contributed by atoms with van der Waals surface area (Å²) < 4.78 is 0. The number of aryl methyl sites for hydroxylation is 3. The van der Waals surface area contributed by atoms with E-state index >= 15 is 0 Å². The highest BCUT2D eigenvalue weighted by atomic mass is 32.1. The van der Waals surface area contributed by atoms with E-state index in [9.17, 15) is 0 Å². The van der Waals surface area contributed by atoms with Gasteiger partial charge in [0, 0.05) is 10.9 Å². The highest BCUT2D eigenvalue weighted by molar-refractivity contribution is 7.09. The summed E-state index contributed by atoms with van der Waals surface area (Å²) in [5.41, 5.74) is 6.10. The number of rotatable bonds is 4. The average Bonchev–Trinajstić information content (AvgIpc) is 3.05. The van der Waals surface area contributed by atoms with E-state index in [1.165, 1.54) is 36.8 Å². The highest BCUT2D eigenvalue weighted by Crippen LogP contribution is 2.26. The van der Waals surface area contributed by atoms with E-state index in [1.807, 2.05) is 19.1 Å². The summed E-state index contributed by atoms with van der Waals surface area (Å²) in [5, 5.41) is 15.1. The number of thiazole rings is 1. The summed E-state index contributed by atoms with van der Waals surface area (Å²) in [6.07, 6.45) is 5.00. The molecule has 0 aliphatic heterocycles. The van der Waals surface area contributed by atoms with Crippen molar-refractivity contribution in [2.24, 2.45) is 0 Å². The molecule has 24 heavy (non-hydrogen) atoms. The van der Waals surface area contributed by atoms with Crippen LogP contribution in [0.3, 0.4) is 0 Å². The predicted molar refractivity (Wildman–Crippen MR) is 98.3 cm³/mol. The Kier molecular flexibility index (Phi) is 4.26. The van der Waals surface area contributed by atoms with Crippen molar-refractivity contribution < 1.29 is 0 Å². The fourth-order valence-corrected chi connectivity index (χ4v) is 3.76. The minimum absolute atomic E-state index is 0.678. The first-order valence-electron chi connectivity index (χ1n) is 8.39. The first-order valence-corrected chi connectivity index (χ1v) is 9.27. The Morgan fingerprint density at radius 3 is 2.67 bits per heavy atom. The number of fused-ring (bicyclic) bond motifs is 1. The van der Waals surface area contributed by atoms with Gasteiger partial charge in [0.15, 0.2) is 0 Å². The van der Waals surface area contributed by atoms with Crippen LogP contribution in [0.25, 0.3) is 11.3 Å². The van der Waals surface area contributed by atoms with Gasteiger partial charge in [0.25, 0.3) is 0 Å². The van der Waals surface area contributed by atoms with Crippen molar-refractivity contribution in [1.29, 1.82) is 0 Å². The lowest BCUT2D eigenvalue weighted by atomic mass is 9.90. The maximum absolute atomic E-state index is 4.44. The van der Waals surface area contributed by atoms with Gasteiger partial charge < -0.3 is 5.32 Å². The number of hydrogen-bond acceptors (Lipinski definition) is 5. The minimum Gasteiger partial charge on any atom is -0.363 e. The Morgan fingerprint density at radius 2 is 1.92 bits per heavy atom. The van der Waals surface area contributed by atoms with Gasteiger partial charge >= 0.3 is 0 Å². The van der Waals surface area contributed by atoms with E-state index in [2.05, 4.69) is 44.1 Å². The molecular weight excluding hydrogens is 316 g/mol. The lowest BCUT2D eigenvalue weighted by Crippen LogP contribution is -2.04. The molecule has 4 rings (SSSR count). The van der Waals surface area contributed by atoms with Crippen LogP contribution in [0.2, 0.25) is 0 Å². The zero-order valence-corrected chi connectivity index (χ0v) is 14.6. The van der Waals surface area contributed by atoms with Crippen LogP contribution in [0, 0.1) is 6.92 Å². The molecule has 122 valence electrons. The first kappa shape index (κ1) is 15.3. The molecule has 0 fully saturated rings. The Hall–Kier alpha value is -2.27. The topological polar surface area (TPSA) is 50.7 Å². The zero-order valence-electron chi connectivity index (χ0n) is 13.7. The average molecular weight is 336 g/mol. The molecule has 1 aromatic carbocycles. The van der Waals surface area contributed by atoms with Crippen LogP contribution < -0.4 is 5.32 Å². The van der Waals surface area contributed by atoms with Crippen molar-refractivity contribution >= 4 is 17.2 Å². The van der Waals surface area contributed by atoms with E-state index in [-0.39, 0.29) is 0 Å². The van der Waals surface area contributed by atoms with Crippen molar-refractivity contribution in [3.63, 3.8) is 0 Å². The molecule has 0 saturated carbocycles. The van der Waals surface area contributed by atoms with Gasteiger partial charge in [-0.2, -0.15) is 0 Å². The summed E-state index contributed by atoms with van der Waals surface area (Å²) in [6, 6.07) is 10.7. The second kappa shape index (κ2) is 6.69. The third kappa shape index (κ3) is 3.31. The van der Waals surface area contributed by atoms with E-state index in [0.717, 1.165) is 27.8 Å². The number of nitrogens with zero attached hydrogens (tertiary/aromatic N) is 3. The number of hydrogen-bond donors (Lipinski definition) is 1. The van der Waals surface area contributed by atoms with Gasteiger partial charge in [-0.15, -0.1) is 21.5 Å². The molecule has 0 amide bonds. The summed E-state index contributed by atoms with van der Waals surface area (Å²) in [6.45, 7) is 2.69. The van der Waals surface area contributed by atoms with Crippen LogP contribution in [0.4, 0.5) is 5.82 Å². The Labute approximate surface area is 146 Å². The van der Waals surface area contributed by atoms with E-state index < -0.39 is 0 Å². The number of aromatic nitrogens is 3. The quantitative estimate of drug-likeness (QED) is 0.767. The van der Waals surface area contributed by atoms with Gasteiger partial charge in [0.2, 0.25) is 0 Å². The highest BCUT2D eigenvalue weighted by Gasteiger charge is 2.11. The van der Waals surface area contributed by atoms with Gasteiger partial charge in [-0.1, -0.05) is 12.1 Å². The molecular formula is C19H20N4S. The second-order valence-corrected chi connectivity index (χ2v) is 7.27. The number of anilines is 1. The minimum atomic E-state index is 0.678. The maximum Gasteiger partial charge on any atom is 0.149 e. The summed E-state index contributed by atoms with van der Waals surface area (Å²) in [4.78, 5) is 4.44. The fourth-order valence-electron chi connectivity index (χ4n) is 3.14. The van der Waals surface area contributed by atoms with Crippen LogP contribution in [0.1, 0.15) is 34.7 Å². The molecule has 0 unspecified atom stereocenters. The molecule has 0 spiro atoms. The van der Waals surface area contributed by atoms with Gasteiger partial charge in [-0.05, 0) is 61.9 Å². The Bertz CT molecular complexity index is 839. The largest absolute Gasteiger partial charge is 0.363 e. The lowest BCUT2D eigenvalue weighted by molar-refractivity contribution is 0.686. The molecule has 5 heteroatoms. The van der Waals surface area contributed by atoms with Crippen molar-refractivity contribution in [2.45, 2.75) is 39.2 Å². The van der Waals surface area contributed by atoms with E-state index in [1.54, 1.807) is 11.3 Å². The number of benzene rings is 1. The Balaban J connectivity index is 1.47. The van der Waals surface area contributed by atoms with Gasteiger partial charge in [0.1, 0.15) is 5.82 Å². The predicted octanol–water partition coefficient (Wildman–Crippen LogP) is 4.40. The molecule has 0 saturated heterocycles. The number of nitrogens with one attached hydrogen (secondary N) is 1. The van der Waals surface area contributed by atoms with E-state index in [4.69, 9.17) is 0 Å². The van der Waals surface area contributed by atoms with Crippen LogP contribution in [-0.2, 0) is 19.4 Å². The van der Waals surface area contributed by atoms with Crippen LogP contribution in [0.15, 0.2) is 35.7 Å². The van der Waals surface area contributed by atoms with Gasteiger partial charge in [0.05, 0.1) is 22.9 Å². The Morgan fingerprint density at radius 1 is 1.04 bits per heavy atom. The molecule has 1 aliphatic carbocycles. The smallest absolute Gasteiger partial charge is 0.149 e. The van der Waals surface area contributed by atoms with Crippen LogP contribution in [0.5, 0.6) is 0 Å².